The Kier molecular flexibility index (Phi) is 3.25. The topological polar surface area (TPSA) is 104 Å². The van der Waals surface area contributed by atoms with Crippen LogP contribution in [-0.2, 0) is 0 Å². The fourth-order valence-corrected chi connectivity index (χ4v) is 1.38. The van der Waals surface area contributed by atoms with E-state index in [1.54, 1.807) is 5.40 Å². The number of rotatable bonds is 3. The van der Waals surface area contributed by atoms with Crippen molar-refractivity contribution in [3.8, 4) is 5.40 Å². The first-order valence-corrected chi connectivity index (χ1v) is 4.45. The number of nitriles is 1. The van der Waals surface area contributed by atoms with E-state index < -0.39 is 22.1 Å². The standard InChI is InChI=1S/C8H4N2O4S/c9-4-15-5-1-2-7(10(13)14)6(3-5)8(11)12/h1-3H,(H,11,12). The van der Waals surface area contributed by atoms with Gasteiger partial charge < -0.3 is 5.11 Å². The van der Waals surface area contributed by atoms with Crippen molar-refractivity contribution >= 4 is 23.4 Å². The molecule has 0 spiro atoms. The van der Waals surface area contributed by atoms with Crippen molar-refractivity contribution in [2.45, 2.75) is 4.90 Å². The zero-order chi connectivity index (χ0) is 11.4. The third-order valence-corrected chi connectivity index (χ3v) is 2.14. The van der Waals surface area contributed by atoms with Crippen LogP contribution in [0, 0.1) is 20.8 Å². The van der Waals surface area contributed by atoms with E-state index >= 15 is 0 Å². The van der Waals surface area contributed by atoms with Crippen molar-refractivity contribution in [2.75, 3.05) is 0 Å². The predicted octanol–water partition coefficient (Wildman–Crippen LogP) is 1.87. The quantitative estimate of drug-likeness (QED) is 0.363. The maximum absolute atomic E-state index is 10.7. The van der Waals surface area contributed by atoms with Gasteiger partial charge in [0, 0.05) is 11.0 Å². The summed E-state index contributed by atoms with van der Waals surface area (Å²) in [6.07, 6.45) is 0. The highest BCUT2D eigenvalue weighted by Gasteiger charge is 2.19. The predicted molar refractivity (Wildman–Crippen MR) is 51.5 cm³/mol. The Balaban J connectivity index is 3.28. The molecule has 0 heterocycles. The number of carbonyl (C=O) groups is 1. The number of nitro groups is 1. The van der Waals surface area contributed by atoms with Gasteiger partial charge in [-0.05, 0) is 23.9 Å². The minimum atomic E-state index is -1.39. The molecule has 0 aromatic heterocycles. The molecule has 0 radical (unpaired) electrons. The Morgan fingerprint density at radius 2 is 2.27 bits per heavy atom. The lowest BCUT2D eigenvalue weighted by Gasteiger charge is -1.99. The van der Waals surface area contributed by atoms with Crippen LogP contribution in [0.5, 0.6) is 0 Å². The minimum absolute atomic E-state index is 0.362. The van der Waals surface area contributed by atoms with Gasteiger partial charge in [0.05, 0.1) is 4.92 Å². The van der Waals surface area contributed by atoms with Crippen molar-refractivity contribution in [1.82, 2.24) is 0 Å². The third-order valence-electron chi connectivity index (χ3n) is 1.56. The highest BCUT2D eigenvalue weighted by Crippen LogP contribution is 2.25. The van der Waals surface area contributed by atoms with E-state index in [9.17, 15) is 14.9 Å². The van der Waals surface area contributed by atoms with Crippen molar-refractivity contribution in [1.29, 1.82) is 5.26 Å². The van der Waals surface area contributed by atoms with Crippen LogP contribution < -0.4 is 0 Å². The third kappa shape index (κ3) is 2.45. The molecular weight excluding hydrogens is 220 g/mol. The molecule has 0 aliphatic carbocycles. The Morgan fingerprint density at radius 3 is 2.73 bits per heavy atom. The van der Waals surface area contributed by atoms with Crippen LogP contribution in [0.1, 0.15) is 10.4 Å². The second-order valence-corrected chi connectivity index (χ2v) is 3.29. The first-order chi connectivity index (χ1) is 7.06. The largest absolute Gasteiger partial charge is 0.477 e. The van der Waals surface area contributed by atoms with E-state index in [0.29, 0.717) is 4.90 Å². The second kappa shape index (κ2) is 4.43. The summed E-state index contributed by atoms with van der Waals surface area (Å²) in [4.78, 5) is 20.7. The van der Waals surface area contributed by atoms with Gasteiger partial charge >= 0.3 is 5.97 Å². The summed E-state index contributed by atoms with van der Waals surface area (Å²) in [5.41, 5.74) is -0.898. The molecule has 76 valence electrons. The van der Waals surface area contributed by atoms with E-state index in [-0.39, 0.29) is 0 Å². The highest BCUT2D eigenvalue weighted by molar-refractivity contribution is 8.03. The molecule has 6 nitrogen and oxygen atoms in total. The summed E-state index contributed by atoms with van der Waals surface area (Å²) in [6.45, 7) is 0. The summed E-state index contributed by atoms with van der Waals surface area (Å²) in [6, 6.07) is 3.51. The zero-order valence-electron chi connectivity index (χ0n) is 7.21. The van der Waals surface area contributed by atoms with E-state index in [1.807, 2.05) is 0 Å². The van der Waals surface area contributed by atoms with Gasteiger partial charge in [-0.15, -0.1) is 0 Å². The summed E-state index contributed by atoms with van der Waals surface area (Å²) < 4.78 is 0. The second-order valence-electron chi connectivity index (χ2n) is 2.43. The summed E-state index contributed by atoms with van der Waals surface area (Å²) in [5.74, 6) is -1.39. The van der Waals surface area contributed by atoms with Crippen molar-refractivity contribution < 1.29 is 14.8 Å². The molecule has 0 aliphatic rings. The SMILES string of the molecule is N#CSc1ccc([N+](=O)[O-])c(C(=O)O)c1. The Morgan fingerprint density at radius 1 is 1.60 bits per heavy atom. The molecule has 0 atom stereocenters. The number of nitrogens with zero attached hydrogens (tertiary/aromatic N) is 2. The van der Waals surface area contributed by atoms with Crippen molar-refractivity contribution in [3.63, 3.8) is 0 Å². The van der Waals surface area contributed by atoms with Gasteiger partial charge in [-0.1, -0.05) is 0 Å². The first kappa shape index (κ1) is 11.0. The molecule has 0 unspecified atom stereocenters. The van der Waals surface area contributed by atoms with E-state index in [0.717, 1.165) is 23.9 Å². The number of carboxylic acid groups (broad SMARTS) is 1. The molecule has 1 aromatic carbocycles. The van der Waals surface area contributed by atoms with Crippen molar-refractivity contribution in [3.05, 3.63) is 33.9 Å². The van der Waals surface area contributed by atoms with Crippen LogP contribution in [-0.4, -0.2) is 16.0 Å². The number of thioether (sulfide) groups is 1. The van der Waals surface area contributed by atoms with Crippen LogP contribution >= 0.6 is 11.8 Å². The van der Waals surface area contributed by atoms with Crippen LogP contribution in [0.3, 0.4) is 0 Å². The van der Waals surface area contributed by atoms with Crippen LogP contribution in [0.2, 0.25) is 0 Å². The molecule has 0 bridgehead atoms. The maximum Gasteiger partial charge on any atom is 0.342 e. The number of aromatic carboxylic acids is 1. The Labute approximate surface area is 88.3 Å². The summed E-state index contributed by atoms with van der Waals surface area (Å²) >= 11 is 0.747. The van der Waals surface area contributed by atoms with Gasteiger partial charge in [0.1, 0.15) is 11.0 Å². The van der Waals surface area contributed by atoms with E-state index in [2.05, 4.69) is 0 Å². The number of carboxylic acids is 1. The summed E-state index contributed by atoms with van der Waals surface area (Å²) in [7, 11) is 0. The van der Waals surface area contributed by atoms with Crippen molar-refractivity contribution in [2.24, 2.45) is 0 Å². The van der Waals surface area contributed by atoms with Crippen LogP contribution in [0.25, 0.3) is 0 Å². The zero-order valence-corrected chi connectivity index (χ0v) is 8.02. The van der Waals surface area contributed by atoms with Gasteiger partial charge in [-0.3, -0.25) is 10.1 Å². The number of hydrogen-bond donors (Lipinski definition) is 1. The molecule has 7 heteroatoms. The fraction of sp³-hybridized carbons (Fsp3) is 0. The number of nitro benzene ring substituents is 1. The molecule has 0 fully saturated rings. The summed E-state index contributed by atoms with van der Waals surface area (Å²) in [5, 5.41) is 29.3. The number of benzene rings is 1. The van der Waals surface area contributed by atoms with E-state index in [1.165, 1.54) is 6.07 Å². The highest BCUT2D eigenvalue weighted by atomic mass is 32.2. The van der Waals surface area contributed by atoms with Gasteiger partial charge in [-0.25, -0.2) is 4.79 Å². The van der Waals surface area contributed by atoms with Gasteiger partial charge in [0.15, 0.2) is 0 Å². The van der Waals surface area contributed by atoms with E-state index in [4.69, 9.17) is 10.4 Å². The van der Waals surface area contributed by atoms with Gasteiger partial charge in [-0.2, -0.15) is 5.26 Å². The molecule has 1 N–H and O–H groups in total. The van der Waals surface area contributed by atoms with Crippen LogP contribution in [0.4, 0.5) is 5.69 Å². The average molecular weight is 224 g/mol. The molecule has 0 saturated carbocycles. The smallest absolute Gasteiger partial charge is 0.342 e. The normalized spacial score (nSPS) is 9.27. The van der Waals surface area contributed by atoms with Crippen LogP contribution in [0.15, 0.2) is 23.1 Å². The minimum Gasteiger partial charge on any atom is -0.477 e. The molecule has 15 heavy (non-hydrogen) atoms. The monoisotopic (exact) mass is 224 g/mol. The van der Waals surface area contributed by atoms with Gasteiger partial charge in [0.2, 0.25) is 0 Å². The molecule has 1 rings (SSSR count). The maximum atomic E-state index is 10.7. The lowest BCUT2D eigenvalue weighted by molar-refractivity contribution is -0.385. The average Bonchev–Trinajstić information content (AvgIpc) is 2.17. The molecule has 1 aromatic rings. The Bertz CT molecular complexity index is 466. The molecule has 0 saturated heterocycles. The fourth-order valence-electron chi connectivity index (χ4n) is 0.962. The number of hydrogen-bond acceptors (Lipinski definition) is 5. The molecule has 0 aliphatic heterocycles. The van der Waals surface area contributed by atoms with Gasteiger partial charge in [0.25, 0.3) is 5.69 Å². The number of thiocyanates is 1. The lowest BCUT2D eigenvalue weighted by Crippen LogP contribution is -2.02. The first-order valence-electron chi connectivity index (χ1n) is 3.64. The molecule has 0 amide bonds. The Hall–Kier alpha value is -2.07. The molecular formula is C8H4N2O4S. The lowest BCUT2D eigenvalue weighted by atomic mass is 10.2.